The monoisotopic (exact) mass is 439 g/mol. The number of hydrogen-bond donors (Lipinski definition) is 2. The number of rotatable bonds is 3. The molecule has 1 amide bonds. The van der Waals surface area contributed by atoms with Gasteiger partial charge in [-0.05, 0) is 67.5 Å². The van der Waals surface area contributed by atoms with Crippen molar-refractivity contribution in [2.24, 2.45) is 0 Å². The molecule has 3 aromatic carbocycles. The molecule has 0 spiro atoms. The molecule has 0 radical (unpaired) electrons. The zero-order valence-electron chi connectivity index (χ0n) is 18.4. The second-order valence-electron chi connectivity index (χ2n) is 8.76. The first-order chi connectivity index (χ1) is 16.0. The van der Waals surface area contributed by atoms with E-state index in [9.17, 15) is 19.8 Å². The lowest BCUT2D eigenvalue weighted by molar-refractivity contribution is -0.132. The van der Waals surface area contributed by atoms with Gasteiger partial charge in [0.15, 0.2) is 0 Å². The summed E-state index contributed by atoms with van der Waals surface area (Å²) >= 11 is 0. The second kappa shape index (κ2) is 8.24. The van der Waals surface area contributed by atoms with Crippen LogP contribution in [0.4, 0.5) is 5.69 Å². The maximum absolute atomic E-state index is 13.3. The van der Waals surface area contributed by atoms with Gasteiger partial charge in [0, 0.05) is 5.56 Å². The van der Waals surface area contributed by atoms with E-state index in [1.807, 2.05) is 49.4 Å². The number of Topliss-reactive ketones (excluding diaryl/α,β-unsaturated/α-hetero) is 1. The smallest absolute Gasteiger partial charge is 0.300 e. The Balaban J connectivity index is 1.72. The number of amides is 1. The highest BCUT2D eigenvalue weighted by Gasteiger charge is 2.47. The molecule has 1 heterocycles. The Morgan fingerprint density at radius 2 is 1.67 bits per heavy atom. The Morgan fingerprint density at radius 3 is 2.42 bits per heavy atom. The summed E-state index contributed by atoms with van der Waals surface area (Å²) in [6.45, 7) is 1.93. The molecule has 5 heteroatoms. The molecule has 3 aromatic rings. The molecule has 1 fully saturated rings. The summed E-state index contributed by atoms with van der Waals surface area (Å²) in [4.78, 5) is 27.8. The van der Waals surface area contributed by atoms with E-state index in [0.717, 1.165) is 31.2 Å². The number of phenolic OH excluding ortho intramolecular Hbond substituents is 1. The first-order valence-electron chi connectivity index (χ1n) is 11.2. The van der Waals surface area contributed by atoms with E-state index < -0.39 is 17.7 Å². The van der Waals surface area contributed by atoms with E-state index in [-0.39, 0.29) is 22.8 Å². The molecule has 0 saturated carbocycles. The van der Waals surface area contributed by atoms with Gasteiger partial charge in [0.05, 0.1) is 17.3 Å². The lowest BCUT2D eigenvalue weighted by atomic mass is 9.88. The van der Waals surface area contributed by atoms with Gasteiger partial charge in [-0.25, -0.2) is 0 Å². The van der Waals surface area contributed by atoms with E-state index >= 15 is 0 Å². The zero-order chi connectivity index (χ0) is 23.1. The van der Waals surface area contributed by atoms with Crippen LogP contribution in [0.15, 0.2) is 72.3 Å². The number of aliphatic hydroxyl groups is 1. The first-order valence-corrected chi connectivity index (χ1v) is 11.2. The number of carbonyl (C=O) groups is 2. The molecule has 166 valence electrons. The number of para-hydroxylation sites is 2. The van der Waals surface area contributed by atoms with Crippen LogP contribution in [0.5, 0.6) is 5.75 Å². The van der Waals surface area contributed by atoms with Gasteiger partial charge < -0.3 is 10.2 Å². The SMILES string of the molecule is Cc1cccc(C2/C(=C(/O)c3ccc4c(c3)CCCC4)C(=O)C(=O)N2c2ccccc2O)c1. The number of aromatic hydroxyl groups is 1. The van der Waals surface area contributed by atoms with Crippen molar-refractivity contribution >= 4 is 23.1 Å². The predicted molar refractivity (Wildman–Crippen MR) is 127 cm³/mol. The minimum atomic E-state index is -0.853. The van der Waals surface area contributed by atoms with Gasteiger partial charge >= 0.3 is 0 Å². The molecule has 1 aliphatic carbocycles. The van der Waals surface area contributed by atoms with Gasteiger partial charge in [-0.2, -0.15) is 0 Å². The molecule has 5 rings (SSSR count). The van der Waals surface area contributed by atoms with Crippen molar-refractivity contribution in [2.75, 3.05) is 4.90 Å². The van der Waals surface area contributed by atoms with Crippen LogP contribution in [0.1, 0.15) is 46.7 Å². The number of carbonyl (C=O) groups excluding carboxylic acids is 2. The van der Waals surface area contributed by atoms with Crippen LogP contribution in [0.2, 0.25) is 0 Å². The third-order valence-corrected chi connectivity index (χ3v) is 6.57. The molecule has 0 bridgehead atoms. The van der Waals surface area contributed by atoms with E-state index in [4.69, 9.17) is 0 Å². The molecular weight excluding hydrogens is 414 g/mol. The number of benzene rings is 3. The average Bonchev–Trinajstić information content (AvgIpc) is 3.09. The Morgan fingerprint density at radius 1 is 0.909 bits per heavy atom. The van der Waals surface area contributed by atoms with Crippen LogP contribution in [0, 0.1) is 6.92 Å². The van der Waals surface area contributed by atoms with Crippen molar-refractivity contribution in [3.8, 4) is 5.75 Å². The lowest BCUT2D eigenvalue weighted by Gasteiger charge is -2.26. The molecule has 1 saturated heterocycles. The summed E-state index contributed by atoms with van der Waals surface area (Å²) < 4.78 is 0. The number of aliphatic hydroxyl groups excluding tert-OH is 1. The van der Waals surface area contributed by atoms with Crippen LogP contribution < -0.4 is 4.90 Å². The summed E-state index contributed by atoms with van der Waals surface area (Å²) in [5.74, 6) is -1.83. The molecule has 5 nitrogen and oxygen atoms in total. The number of phenols is 1. The van der Waals surface area contributed by atoms with Crippen molar-refractivity contribution in [2.45, 2.75) is 38.6 Å². The number of anilines is 1. The van der Waals surface area contributed by atoms with E-state index in [2.05, 4.69) is 0 Å². The maximum atomic E-state index is 13.3. The van der Waals surface area contributed by atoms with Gasteiger partial charge in [0.25, 0.3) is 11.7 Å². The number of aryl methyl sites for hydroxylation is 3. The molecule has 2 aliphatic rings. The summed E-state index contributed by atoms with van der Waals surface area (Å²) in [6, 6.07) is 18.8. The summed E-state index contributed by atoms with van der Waals surface area (Å²) in [7, 11) is 0. The van der Waals surface area contributed by atoms with Gasteiger partial charge in [0.1, 0.15) is 11.5 Å². The number of fused-ring (bicyclic) bond motifs is 1. The Hall–Kier alpha value is -3.86. The minimum absolute atomic E-state index is 0.0320. The first kappa shape index (κ1) is 21.0. The molecule has 33 heavy (non-hydrogen) atoms. The van der Waals surface area contributed by atoms with E-state index in [0.29, 0.717) is 11.1 Å². The normalized spacial score (nSPS) is 19.5. The van der Waals surface area contributed by atoms with Crippen molar-refractivity contribution in [3.63, 3.8) is 0 Å². The maximum Gasteiger partial charge on any atom is 0.300 e. The number of hydrogen-bond acceptors (Lipinski definition) is 4. The van der Waals surface area contributed by atoms with Crippen LogP contribution in [0.25, 0.3) is 5.76 Å². The van der Waals surface area contributed by atoms with Crippen LogP contribution in [-0.2, 0) is 22.4 Å². The zero-order valence-corrected chi connectivity index (χ0v) is 18.4. The fourth-order valence-electron chi connectivity index (χ4n) is 4.94. The number of ketones is 1. The largest absolute Gasteiger partial charge is 0.507 e. The molecule has 1 aliphatic heterocycles. The fourth-order valence-corrected chi connectivity index (χ4v) is 4.94. The highest BCUT2D eigenvalue weighted by atomic mass is 16.3. The third-order valence-electron chi connectivity index (χ3n) is 6.57. The molecule has 0 aromatic heterocycles. The topological polar surface area (TPSA) is 77.8 Å². The van der Waals surface area contributed by atoms with Crippen LogP contribution in [0.3, 0.4) is 0 Å². The standard InChI is InChI=1S/C28H25NO4/c1-17-7-6-10-20(15-17)25-24(26(31)21-14-13-18-8-2-3-9-19(18)16-21)27(32)28(33)29(25)22-11-4-5-12-23(22)30/h4-7,10-16,25,30-31H,2-3,8-9H2,1H3/b26-24-. The number of nitrogens with zero attached hydrogens (tertiary/aromatic N) is 1. The third kappa shape index (κ3) is 3.59. The van der Waals surface area contributed by atoms with Gasteiger partial charge in [-0.15, -0.1) is 0 Å². The van der Waals surface area contributed by atoms with E-state index in [1.165, 1.54) is 22.1 Å². The van der Waals surface area contributed by atoms with Crippen molar-refractivity contribution < 1.29 is 19.8 Å². The van der Waals surface area contributed by atoms with Gasteiger partial charge in [0.2, 0.25) is 0 Å². The van der Waals surface area contributed by atoms with Crippen LogP contribution >= 0.6 is 0 Å². The van der Waals surface area contributed by atoms with Crippen molar-refractivity contribution in [1.29, 1.82) is 0 Å². The molecule has 1 unspecified atom stereocenters. The highest BCUT2D eigenvalue weighted by Crippen LogP contribution is 2.44. The highest BCUT2D eigenvalue weighted by molar-refractivity contribution is 6.51. The molecule has 2 N–H and O–H groups in total. The van der Waals surface area contributed by atoms with Gasteiger partial charge in [-0.1, -0.05) is 54.1 Å². The average molecular weight is 440 g/mol. The van der Waals surface area contributed by atoms with Gasteiger partial charge in [-0.3, -0.25) is 14.5 Å². The van der Waals surface area contributed by atoms with Crippen molar-refractivity contribution in [1.82, 2.24) is 0 Å². The quantitative estimate of drug-likeness (QED) is 0.334. The van der Waals surface area contributed by atoms with Crippen LogP contribution in [-0.4, -0.2) is 21.9 Å². The predicted octanol–water partition coefficient (Wildman–Crippen LogP) is 5.21. The van der Waals surface area contributed by atoms with Crippen molar-refractivity contribution in [3.05, 3.63) is 100 Å². The second-order valence-corrected chi connectivity index (χ2v) is 8.76. The minimum Gasteiger partial charge on any atom is -0.507 e. The Kier molecular flexibility index (Phi) is 5.25. The summed E-state index contributed by atoms with van der Waals surface area (Å²) in [6.07, 6.45) is 4.19. The summed E-state index contributed by atoms with van der Waals surface area (Å²) in [5.41, 5.74) is 4.89. The summed E-state index contributed by atoms with van der Waals surface area (Å²) in [5, 5.41) is 21.8. The lowest BCUT2D eigenvalue weighted by Crippen LogP contribution is -2.29. The Labute approximate surface area is 192 Å². The van der Waals surface area contributed by atoms with E-state index in [1.54, 1.807) is 18.2 Å². The fraction of sp³-hybridized carbons (Fsp3) is 0.214. The Bertz CT molecular complexity index is 1310. The molecule has 1 atom stereocenters. The molecular formula is C28H25NO4.